The molecule has 7 aromatic carbocycles. The van der Waals surface area contributed by atoms with Crippen LogP contribution < -0.4 is 25.0 Å². The van der Waals surface area contributed by atoms with Crippen LogP contribution in [0.2, 0.25) is 0 Å². The first-order valence-corrected chi connectivity index (χ1v) is 23.5. The van der Waals surface area contributed by atoms with Crippen molar-refractivity contribution in [1.29, 1.82) is 0 Å². The molecule has 10 rings (SSSR count). The maximum absolute atomic E-state index is 14.6. The Bertz CT molecular complexity index is 3210. The van der Waals surface area contributed by atoms with Gasteiger partial charge in [-0.05, 0) is 82.1 Å². The Balaban J connectivity index is 1.04. The quantitative estimate of drug-likeness (QED) is 0.0754. The van der Waals surface area contributed by atoms with E-state index in [0.29, 0.717) is 39.8 Å². The fourth-order valence-corrected chi connectivity index (χ4v) is 9.36. The summed E-state index contributed by atoms with van der Waals surface area (Å²) in [5.74, 6) is 7.89. The molecule has 1 fully saturated rings. The lowest BCUT2D eigenvalue weighted by Crippen LogP contribution is -2.40. The molecule has 0 saturated carbocycles. The van der Waals surface area contributed by atoms with Crippen LogP contribution in [0.15, 0.2) is 194 Å². The van der Waals surface area contributed by atoms with Gasteiger partial charge in [0.25, 0.3) is 0 Å². The van der Waals surface area contributed by atoms with Crippen LogP contribution in [0.5, 0.6) is 11.5 Å². The van der Waals surface area contributed by atoms with Crippen LogP contribution in [0.3, 0.4) is 0 Å². The number of imidazole rings is 1. The van der Waals surface area contributed by atoms with Crippen molar-refractivity contribution in [2.75, 3.05) is 25.7 Å². The number of hydrogen-bond acceptors (Lipinski definition) is 10. The summed E-state index contributed by atoms with van der Waals surface area (Å²) in [4.78, 5) is 33.9. The van der Waals surface area contributed by atoms with E-state index in [4.69, 9.17) is 28.7 Å². The number of nitrogens with one attached hydrogen (secondary N) is 2. The van der Waals surface area contributed by atoms with E-state index < -0.39 is 42.3 Å². The number of para-hydroxylation sites is 2. The van der Waals surface area contributed by atoms with E-state index in [1.165, 1.54) is 11.8 Å². The minimum atomic E-state index is -1.22. The van der Waals surface area contributed by atoms with Gasteiger partial charge in [0.15, 0.2) is 0 Å². The third-order valence-electron chi connectivity index (χ3n) is 12.8. The summed E-state index contributed by atoms with van der Waals surface area (Å²) in [7, 11) is 3.25. The zero-order valence-electron chi connectivity index (χ0n) is 39.8. The largest absolute Gasteiger partial charge is 0.497 e. The number of nitrogens with zero attached hydrogens (tertiary/aromatic N) is 3. The van der Waals surface area contributed by atoms with E-state index in [2.05, 4.69) is 22.5 Å². The molecule has 2 aliphatic heterocycles. The number of carbonyl (C=O) groups excluding carboxylic acids is 2. The SMILES string of the molecule is COc1ccc(C(OC[C@H]2O[C@@H](n3cnc4c3C(C#Cc3cccc5ccccc35)=C(NC(C)=O)NC4OC(=O)N(c3ccccc3)c3ccccc3)C[C@@H]2O)(c2ccccc2)c2ccc(OC)cc2)cc1. The summed E-state index contributed by atoms with van der Waals surface area (Å²) >= 11 is 0. The van der Waals surface area contributed by atoms with E-state index in [-0.39, 0.29) is 18.8 Å². The van der Waals surface area contributed by atoms with Crippen molar-refractivity contribution in [2.45, 2.75) is 43.6 Å². The third-order valence-corrected chi connectivity index (χ3v) is 12.8. The number of rotatable bonds is 13. The lowest BCUT2D eigenvalue weighted by Gasteiger charge is -2.37. The van der Waals surface area contributed by atoms with Gasteiger partial charge in [-0.1, -0.05) is 139 Å². The number of aromatic nitrogens is 2. The molecule has 360 valence electrons. The average molecular weight is 958 g/mol. The van der Waals surface area contributed by atoms with Gasteiger partial charge in [-0.15, -0.1) is 0 Å². The Hall–Kier alpha value is -8.67. The Morgan fingerprint density at radius 3 is 1.93 bits per heavy atom. The van der Waals surface area contributed by atoms with Crippen LogP contribution in [0.4, 0.5) is 16.2 Å². The van der Waals surface area contributed by atoms with Crippen LogP contribution in [-0.4, -0.2) is 59.7 Å². The summed E-state index contributed by atoms with van der Waals surface area (Å²) in [5, 5.41) is 20.1. The molecule has 1 aromatic heterocycles. The van der Waals surface area contributed by atoms with Gasteiger partial charge in [0, 0.05) is 18.9 Å². The van der Waals surface area contributed by atoms with E-state index >= 15 is 0 Å². The van der Waals surface area contributed by atoms with Crippen molar-refractivity contribution in [3.05, 3.63) is 228 Å². The molecule has 72 heavy (non-hydrogen) atoms. The van der Waals surface area contributed by atoms with Crippen LogP contribution in [0.25, 0.3) is 16.3 Å². The molecule has 2 amide bonds. The summed E-state index contributed by atoms with van der Waals surface area (Å²) in [6.45, 7) is 1.35. The third kappa shape index (κ3) is 9.37. The summed E-state index contributed by atoms with van der Waals surface area (Å²) in [5.41, 5.74) is 4.32. The number of aliphatic hydroxyl groups excluding tert-OH is 1. The van der Waals surface area contributed by atoms with Gasteiger partial charge in [0.2, 0.25) is 12.1 Å². The van der Waals surface area contributed by atoms with Gasteiger partial charge in [0.05, 0.1) is 55.9 Å². The second-order valence-electron chi connectivity index (χ2n) is 17.3. The summed E-state index contributed by atoms with van der Waals surface area (Å²) < 4.78 is 33.2. The van der Waals surface area contributed by atoms with Gasteiger partial charge in [-0.2, -0.15) is 0 Å². The Morgan fingerprint density at radius 1 is 0.750 bits per heavy atom. The van der Waals surface area contributed by atoms with Crippen molar-refractivity contribution < 1.29 is 38.4 Å². The molecule has 13 heteroatoms. The normalized spacial score (nSPS) is 17.2. The summed E-state index contributed by atoms with van der Waals surface area (Å²) in [6, 6.07) is 57.5. The van der Waals surface area contributed by atoms with Crippen LogP contribution >= 0.6 is 0 Å². The van der Waals surface area contributed by atoms with Gasteiger partial charge in [-0.3, -0.25) is 4.79 Å². The number of allylic oxidation sites excluding steroid dienone is 1. The number of ether oxygens (including phenoxy) is 5. The fraction of sp³-hybridized carbons (Fsp3) is 0.169. The highest BCUT2D eigenvalue weighted by Gasteiger charge is 2.44. The molecule has 0 radical (unpaired) electrons. The van der Waals surface area contributed by atoms with Gasteiger partial charge < -0.3 is 44.0 Å². The second kappa shape index (κ2) is 20.7. The molecular formula is C59H51N5O8. The standard InChI is InChI=1S/C59H51N5O8/c1-39(65)61-56-50(35-26-41-18-15-17-40-16-13-14-25-49(40)41)55-54(57(62-56)72-58(67)64(45-21-9-5-10-22-45)46-23-11-6-12-24-46)60-38-63(55)53-36-51(66)52(71-53)37-70-59(42-19-7-4-8-20-42,43-27-31-47(68-2)32-28-43)44-29-33-48(69-3)34-30-44/h4-25,27-34,38,51-53,57,62,66H,36-37H2,1-3H3,(H,61,65)/t51-,52+,53+,57?/m0/s1. The van der Waals surface area contributed by atoms with Gasteiger partial charge in [0.1, 0.15) is 40.9 Å². The van der Waals surface area contributed by atoms with Crippen molar-refractivity contribution in [1.82, 2.24) is 20.2 Å². The first-order valence-electron chi connectivity index (χ1n) is 23.5. The molecule has 13 nitrogen and oxygen atoms in total. The number of fused-ring (bicyclic) bond motifs is 2. The molecule has 0 spiro atoms. The zero-order chi connectivity index (χ0) is 49.6. The molecular weight excluding hydrogens is 907 g/mol. The van der Waals surface area contributed by atoms with Crippen molar-refractivity contribution in [3.8, 4) is 23.3 Å². The molecule has 1 saturated heterocycles. The highest BCUT2D eigenvalue weighted by molar-refractivity contribution is 5.96. The lowest BCUT2D eigenvalue weighted by atomic mass is 9.80. The molecule has 0 aliphatic carbocycles. The minimum Gasteiger partial charge on any atom is -0.497 e. The first kappa shape index (κ1) is 47.0. The van der Waals surface area contributed by atoms with E-state index in [9.17, 15) is 14.7 Å². The number of anilines is 2. The Morgan fingerprint density at radius 2 is 1.32 bits per heavy atom. The van der Waals surface area contributed by atoms with Crippen LogP contribution in [-0.2, 0) is 24.6 Å². The number of benzene rings is 7. The molecule has 1 unspecified atom stereocenters. The predicted octanol–water partition coefficient (Wildman–Crippen LogP) is 10.1. The van der Waals surface area contributed by atoms with Crippen molar-refractivity contribution in [3.63, 3.8) is 0 Å². The van der Waals surface area contributed by atoms with Gasteiger partial charge in [-0.25, -0.2) is 14.7 Å². The molecule has 8 aromatic rings. The van der Waals surface area contributed by atoms with E-state index in [0.717, 1.165) is 33.0 Å². The van der Waals surface area contributed by atoms with Crippen molar-refractivity contribution >= 4 is 39.7 Å². The minimum absolute atomic E-state index is 0.0428. The lowest BCUT2D eigenvalue weighted by molar-refractivity contribution is -0.118. The van der Waals surface area contributed by atoms with E-state index in [1.807, 2.05) is 182 Å². The molecule has 2 aliphatic rings. The van der Waals surface area contributed by atoms with Crippen LogP contribution in [0.1, 0.15) is 59.4 Å². The molecule has 3 N–H and O–H groups in total. The Labute approximate surface area is 417 Å². The number of aliphatic hydroxyl groups is 1. The molecule has 0 bridgehead atoms. The topological polar surface area (TPSA) is 146 Å². The average Bonchev–Trinajstić information content (AvgIpc) is 4.03. The maximum atomic E-state index is 14.6. The molecule has 3 heterocycles. The number of hydrogen-bond donors (Lipinski definition) is 3. The maximum Gasteiger partial charge on any atom is 0.421 e. The van der Waals surface area contributed by atoms with Crippen LogP contribution in [0, 0.1) is 11.8 Å². The zero-order valence-corrected chi connectivity index (χ0v) is 39.8. The summed E-state index contributed by atoms with van der Waals surface area (Å²) in [6.07, 6.45) is -2.87. The predicted molar refractivity (Wildman–Crippen MR) is 274 cm³/mol. The van der Waals surface area contributed by atoms with Gasteiger partial charge >= 0.3 is 6.09 Å². The molecule has 4 atom stereocenters. The first-order chi connectivity index (χ1) is 35.2. The highest BCUT2D eigenvalue weighted by Crippen LogP contribution is 2.44. The second-order valence-corrected chi connectivity index (χ2v) is 17.3. The number of amides is 2. The number of methoxy groups -OCH3 is 2. The number of carbonyl (C=O) groups is 2. The highest BCUT2D eigenvalue weighted by atomic mass is 16.6. The van der Waals surface area contributed by atoms with E-state index in [1.54, 1.807) is 25.1 Å². The monoisotopic (exact) mass is 957 g/mol. The van der Waals surface area contributed by atoms with Crippen molar-refractivity contribution in [2.24, 2.45) is 0 Å². The smallest absolute Gasteiger partial charge is 0.421 e. The Kier molecular flexibility index (Phi) is 13.5. The fourth-order valence-electron chi connectivity index (χ4n) is 9.36.